The van der Waals surface area contributed by atoms with Gasteiger partial charge in [0.15, 0.2) is 0 Å². The minimum atomic E-state index is -1.25. The van der Waals surface area contributed by atoms with Gasteiger partial charge in [-0.3, -0.25) is 9.59 Å². The molecule has 0 spiro atoms. The van der Waals surface area contributed by atoms with E-state index in [1.807, 2.05) is 0 Å². The van der Waals surface area contributed by atoms with Crippen molar-refractivity contribution in [2.75, 3.05) is 0 Å². The van der Waals surface area contributed by atoms with E-state index >= 15 is 0 Å². The number of primary amides is 1. The number of nitrogens with two attached hydrogens (primary N) is 1. The van der Waals surface area contributed by atoms with E-state index in [2.05, 4.69) is 10.3 Å². The van der Waals surface area contributed by atoms with Crippen LogP contribution in [0.25, 0.3) is 0 Å². The maximum absolute atomic E-state index is 11.7. The van der Waals surface area contributed by atoms with Crippen LogP contribution >= 0.6 is 11.6 Å². The summed E-state index contributed by atoms with van der Waals surface area (Å²) in [6, 6.07) is 1.63. The number of pyridine rings is 1. The molecule has 0 radical (unpaired) electrons. The first kappa shape index (κ1) is 14.9. The molecule has 8 heteroatoms. The summed E-state index contributed by atoms with van der Waals surface area (Å²) in [7, 11) is 0. The van der Waals surface area contributed by atoms with Crippen molar-refractivity contribution in [2.24, 2.45) is 5.73 Å². The average molecular weight is 286 g/mol. The lowest BCUT2D eigenvalue weighted by molar-refractivity contribution is -0.139. The van der Waals surface area contributed by atoms with E-state index in [-0.39, 0.29) is 18.5 Å². The fraction of sp³-hybridized carbons (Fsp3) is 0.273. The maximum atomic E-state index is 11.7. The van der Waals surface area contributed by atoms with Crippen LogP contribution in [0.3, 0.4) is 0 Å². The number of carbonyl (C=O) groups excluding carboxylic acids is 2. The molecule has 0 saturated heterocycles. The SMILES string of the molecule is NC(=O)CCC(NC(=O)c1ccc(Cl)cn1)C(=O)O. The number of hydrogen-bond acceptors (Lipinski definition) is 4. The monoisotopic (exact) mass is 285 g/mol. The molecule has 1 rings (SSSR count). The molecule has 1 atom stereocenters. The quantitative estimate of drug-likeness (QED) is 0.688. The molecule has 0 aromatic carbocycles. The van der Waals surface area contributed by atoms with Gasteiger partial charge in [-0.2, -0.15) is 0 Å². The highest BCUT2D eigenvalue weighted by atomic mass is 35.5. The highest BCUT2D eigenvalue weighted by Crippen LogP contribution is 2.07. The molecule has 0 aliphatic heterocycles. The smallest absolute Gasteiger partial charge is 0.326 e. The number of hydrogen-bond donors (Lipinski definition) is 3. The highest BCUT2D eigenvalue weighted by molar-refractivity contribution is 6.30. The molecule has 0 bridgehead atoms. The van der Waals surface area contributed by atoms with Gasteiger partial charge < -0.3 is 16.2 Å². The van der Waals surface area contributed by atoms with Crippen molar-refractivity contribution >= 4 is 29.4 Å². The Bertz CT molecular complexity index is 489. The molecule has 4 N–H and O–H groups in total. The van der Waals surface area contributed by atoms with Gasteiger partial charge in [0.1, 0.15) is 11.7 Å². The molecular weight excluding hydrogens is 274 g/mol. The molecule has 2 amide bonds. The molecule has 0 aliphatic rings. The molecule has 1 unspecified atom stereocenters. The van der Waals surface area contributed by atoms with Gasteiger partial charge in [-0.1, -0.05) is 11.6 Å². The number of carboxylic acids is 1. The van der Waals surface area contributed by atoms with Gasteiger partial charge >= 0.3 is 5.97 Å². The van der Waals surface area contributed by atoms with Crippen LogP contribution in [0.2, 0.25) is 5.02 Å². The first-order valence-corrected chi connectivity index (χ1v) is 5.71. The summed E-state index contributed by atoms with van der Waals surface area (Å²) in [5, 5.41) is 11.5. The zero-order valence-electron chi connectivity index (χ0n) is 9.80. The van der Waals surface area contributed by atoms with Gasteiger partial charge in [-0.15, -0.1) is 0 Å². The zero-order valence-corrected chi connectivity index (χ0v) is 10.6. The Morgan fingerprint density at radius 3 is 2.58 bits per heavy atom. The third kappa shape index (κ3) is 4.92. The summed E-state index contributed by atoms with van der Waals surface area (Å²) in [6.45, 7) is 0. The Morgan fingerprint density at radius 1 is 1.42 bits per heavy atom. The number of nitrogens with one attached hydrogen (secondary N) is 1. The topological polar surface area (TPSA) is 122 Å². The maximum Gasteiger partial charge on any atom is 0.326 e. The number of halogens is 1. The van der Waals surface area contributed by atoms with E-state index in [9.17, 15) is 14.4 Å². The predicted molar refractivity (Wildman–Crippen MR) is 66.6 cm³/mol. The van der Waals surface area contributed by atoms with Gasteiger partial charge in [0, 0.05) is 12.6 Å². The van der Waals surface area contributed by atoms with E-state index in [0.29, 0.717) is 5.02 Å². The van der Waals surface area contributed by atoms with Crippen LogP contribution in [0, 0.1) is 0 Å². The highest BCUT2D eigenvalue weighted by Gasteiger charge is 2.21. The molecule has 102 valence electrons. The standard InChI is InChI=1S/C11H12ClN3O4/c12-6-1-2-7(14-5-6)10(17)15-8(11(18)19)3-4-9(13)16/h1-2,5,8H,3-4H2,(H2,13,16)(H,15,17)(H,18,19). The zero-order chi connectivity index (χ0) is 14.4. The van der Waals surface area contributed by atoms with Crippen LogP contribution < -0.4 is 11.1 Å². The summed E-state index contributed by atoms with van der Waals surface area (Å²) >= 11 is 5.62. The molecule has 19 heavy (non-hydrogen) atoms. The summed E-state index contributed by atoms with van der Waals surface area (Å²) in [6.07, 6.45) is 1.06. The number of rotatable bonds is 6. The van der Waals surface area contributed by atoms with Crippen molar-refractivity contribution < 1.29 is 19.5 Å². The first-order chi connectivity index (χ1) is 8.90. The minimum Gasteiger partial charge on any atom is -0.480 e. The van der Waals surface area contributed by atoms with Crippen LogP contribution in [-0.2, 0) is 9.59 Å². The largest absolute Gasteiger partial charge is 0.480 e. The molecule has 0 fully saturated rings. The van der Waals surface area contributed by atoms with Crippen molar-refractivity contribution in [1.29, 1.82) is 0 Å². The summed E-state index contributed by atoms with van der Waals surface area (Å²) in [4.78, 5) is 37.0. The average Bonchev–Trinajstić information content (AvgIpc) is 2.34. The van der Waals surface area contributed by atoms with Crippen molar-refractivity contribution in [1.82, 2.24) is 10.3 Å². The van der Waals surface area contributed by atoms with Crippen LogP contribution in [0.5, 0.6) is 0 Å². The number of carbonyl (C=O) groups is 3. The second-order valence-corrected chi connectivity index (χ2v) is 4.17. The molecule has 0 aliphatic carbocycles. The van der Waals surface area contributed by atoms with Gasteiger partial charge in [-0.25, -0.2) is 9.78 Å². The second-order valence-electron chi connectivity index (χ2n) is 3.73. The predicted octanol–water partition coefficient (Wildman–Crippen LogP) is 0.183. The van der Waals surface area contributed by atoms with E-state index in [4.69, 9.17) is 22.4 Å². The fourth-order valence-electron chi connectivity index (χ4n) is 1.29. The summed E-state index contributed by atoms with van der Waals surface area (Å²) in [5.41, 5.74) is 4.96. The number of aliphatic carboxylic acids is 1. The lowest BCUT2D eigenvalue weighted by atomic mass is 10.1. The number of carboxylic acid groups (broad SMARTS) is 1. The molecular formula is C11H12ClN3O4. The van der Waals surface area contributed by atoms with Gasteiger partial charge in [0.2, 0.25) is 5.91 Å². The van der Waals surface area contributed by atoms with Crippen molar-refractivity contribution in [3.8, 4) is 0 Å². The second kappa shape index (κ2) is 6.69. The van der Waals surface area contributed by atoms with Gasteiger partial charge in [-0.05, 0) is 18.6 Å². The van der Waals surface area contributed by atoms with Crippen LogP contribution in [0.4, 0.5) is 0 Å². The minimum absolute atomic E-state index is 0.0368. The Labute approximate surface area is 113 Å². The summed E-state index contributed by atoms with van der Waals surface area (Å²) < 4.78 is 0. The molecule has 1 aromatic rings. The van der Waals surface area contributed by atoms with E-state index in [1.54, 1.807) is 0 Å². The van der Waals surface area contributed by atoms with Crippen LogP contribution in [-0.4, -0.2) is 33.9 Å². The van der Waals surface area contributed by atoms with Gasteiger partial charge in [0.25, 0.3) is 5.91 Å². The lowest BCUT2D eigenvalue weighted by Crippen LogP contribution is -2.41. The molecule has 0 saturated carbocycles. The normalized spacial score (nSPS) is 11.6. The van der Waals surface area contributed by atoms with Gasteiger partial charge in [0.05, 0.1) is 5.02 Å². The molecule has 7 nitrogen and oxygen atoms in total. The Hall–Kier alpha value is -2.15. The third-order valence-electron chi connectivity index (χ3n) is 2.24. The molecule has 1 aromatic heterocycles. The number of aromatic nitrogens is 1. The Kier molecular flexibility index (Phi) is 5.25. The van der Waals surface area contributed by atoms with E-state index < -0.39 is 23.8 Å². The Morgan fingerprint density at radius 2 is 2.11 bits per heavy atom. The molecule has 1 heterocycles. The first-order valence-electron chi connectivity index (χ1n) is 5.33. The van der Waals surface area contributed by atoms with E-state index in [1.165, 1.54) is 18.3 Å². The number of nitrogens with zero attached hydrogens (tertiary/aromatic N) is 1. The third-order valence-corrected chi connectivity index (χ3v) is 2.47. The van der Waals surface area contributed by atoms with Crippen molar-refractivity contribution in [3.05, 3.63) is 29.0 Å². The van der Waals surface area contributed by atoms with Crippen molar-refractivity contribution in [2.45, 2.75) is 18.9 Å². The Balaban J connectivity index is 2.68. The van der Waals surface area contributed by atoms with Crippen LogP contribution in [0.15, 0.2) is 18.3 Å². The van der Waals surface area contributed by atoms with E-state index in [0.717, 1.165) is 0 Å². The summed E-state index contributed by atoms with van der Waals surface area (Å²) in [5.74, 6) is -2.54. The number of amides is 2. The lowest BCUT2D eigenvalue weighted by Gasteiger charge is -2.13. The fourth-order valence-corrected chi connectivity index (χ4v) is 1.40. The van der Waals surface area contributed by atoms with Crippen molar-refractivity contribution in [3.63, 3.8) is 0 Å². The van der Waals surface area contributed by atoms with Crippen LogP contribution in [0.1, 0.15) is 23.3 Å².